The average molecular weight is 344 g/mol. The first-order valence-corrected chi connectivity index (χ1v) is 8.88. The van der Waals surface area contributed by atoms with Crippen molar-refractivity contribution in [3.63, 3.8) is 0 Å². The second-order valence-corrected chi connectivity index (χ2v) is 6.55. The number of carboxylic acid groups (broad SMARTS) is 1. The third kappa shape index (κ3) is 3.08. The van der Waals surface area contributed by atoms with E-state index in [0.29, 0.717) is 18.3 Å². The Morgan fingerprint density at radius 3 is 2.19 bits per heavy atom. The molecule has 26 heavy (non-hydrogen) atoms. The molecule has 1 N–H and O–H groups in total. The quantitative estimate of drug-likeness (QED) is 0.613. The van der Waals surface area contributed by atoms with Crippen LogP contribution in [0.15, 0.2) is 72.8 Å². The van der Waals surface area contributed by atoms with E-state index in [9.17, 15) is 4.79 Å². The monoisotopic (exact) mass is 344 g/mol. The van der Waals surface area contributed by atoms with Gasteiger partial charge in [-0.05, 0) is 53.3 Å². The Morgan fingerprint density at radius 2 is 1.54 bits per heavy atom. The summed E-state index contributed by atoms with van der Waals surface area (Å²) < 4.78 is 5.77. The Morgan fingerprint density at radius 1 is 0.885 bits per heavy atom. The number of fused-ring (bicyclic) bond motifs is 3. The molecule has 3 heteroatoms. The third-order valence-electron chi connectivity index (χ3n) is 4.95. The molecular formula is C23H20O3. The maximum Gasteiger partial charge on any atom is 0.335 e. The highest BCUT2D eigenvalue weighted by Crippen LogP contribution is 2.46. The highest BCUT2D eigenvalue weighted by molar-refractivity contribution is 5.88. The smallest absolute Gasteiger partial charge is 0.335 e. The van der Waals surface area contributed by atoms with Crippen LogP contribution in [0.5, 0.6) is 5.75 Å². The predicted molar refractivity (Wildman–Crippen MR) is 102 cm³/mol. The lowest BCUT2D eigenvalue weighted by Crippen LogP contribution is -2.03. The molecule has 3 nitrogen and oxygen atoms in total. The minimum absolute atomic E-state index is 0.251. The van der Waals surface area contributed by atoms with E-state index in [0.717, 1.165) is 12.8 Å². The van der Waals surface area contributed by atoms with E-state index in [4.69, 9.17) is 9.84 Å². The zero-order valence-electron chi connectivity index (χ0n) is 14.4. The van der Waals surface area contributed by atoms with E-state index in [1.54, 1.807) is 24.3 Å². The van der Waals surface area contributed by atoms with E-state index in [1.807, 2.05) is 0 Å². The van der Waals surface area contributed by atoms with Gasteiger partial charge >= 0.3 is 5.97 Å². The Labute approximate surface area is 152 Å². The van der Waals surface area contributed by atoms with Gasteiger partial charge in [0.2, 0.25) is 0 Å². The summed E-state index contributed by atoms with van der Waals surface area (Å²) in [6.45, 7) is 0.573. The van der Waals surface area contributed by atoms with Crippen molar-refractivity contribution in [1.29, 1.82) is 0 Å². The summed E-state index contributed by atoms with van der Waals surface area (Å²) >= 11 is 0. The van der Waals surface area contributed by atoms with E-state index < -0.39 is 5.97 Å². The zero-order valence-corrected chi connectivity index (χ0v) is 14.4. The van der Waals surface area contributed by atoms with Gasteiger partial charge in [-0.2, -0.15) is 0 Å². The van der Waals surface area contributed by atoms with Crippen molar-refractivity contribution in [1.82, 2.24) is 0 Å². The molecule has 0 heterocycles. The van der Waals surface area contributed by atoms with Crippen molar-refractivity contribution in [2.75, 3.05) is 6.61 Å². The second-order valence-electron chi connectivity index (χ2n) is 6.55. The normalized spacial score (nSPS) is 12.5. The summed E-state index contributed by atoms with van der Waals surface area (Å²) in [7, 11) is 0. The van der Waals surface area contributed by atoms with Gasteiger partial charge in [0.05, 0.1) is 12.2 Å². The number of hydrogen-bond acceptors (Lipinski definition) is 2. The molecule has 0 spiro atoms. The van der Waals surface area contributed by atoms with Crippen LogP contribution in [0.4, 0.5) is 0 Å². The van der Waals surface area contributed by atoms with Crippen LogP contribution in [-0.2, 0) is 0 Å². The molecule has 0 bridgehead atoms. The topological polar surface area (TPSA) is 46.5 Å². The van der Waals surface area contributed by atoms with Crippen molar-refractivity contribution in [2.24, 2.45) is 0 Å². The Kier molecular flexibility index (Phi) is 4.44. The molecule has 0 atom stereocenters. The first-order chi connectivity index (χ1) is 12.7. The van der Waals surface area contributed by atoms with E-state index in [1.165, 1.54) is 22.3 Å². The van der Waals surface area contributed by atoms with Crippen molar-refractivity contribution in [3.8, 4) is 16.9 Å². The Hall–Kier alpha value is -3.07. The highest BCUT2D eigenvalue weighted by atomic mass is 16.5. The van der Waals surface area contributed by atoms with Gasteiger partial charge in [-0.25, -0.2) is 4.79 Å². The third-order valence-corrected chi connectivity index (χ3v) is 4.95. The van der Waals surface area contributed by atoms with Crippen molar-refractivity contribution in [3.05, 3.63) is 89.5 Å². The van der Waals surface area contributed by atoms with E-state index in [-0.39, 0.29) is 5.56 Å². The van der Waals surface area contributed by atoms with Crippen LogP contribution in [0.3, 0.4) is 0 Å². The molecule has 0 aromatic heterocycles. The van der Waals surface area contributed by atoms with Crippen LogP contribution in [0, 0.1) is 0 Å². The predicted octanol–water partition coefficient (Wildman–Crippen LogP) is 5.36. The van der Waals surface area contributed by atoms with Gasteiger partial charge in [0.1, 0.15) is 5.75 Å². The molecular weight excluding hydrogens is 324 g/mol. The molecule has 1 aliphatic rings. The van der Waals surface area contributed by atoms with Crippen LogP contribution in [0.1, 0.15) is 40.2 Å². The van der Waals surface area contributed by atoms with Crippen molar-refractivity contribution in [2.45, 2.75) is 18.8 Å². The molecule has 0 fully saturated rings. The van der Waals surface area contributed by atoms with Gasteiger partial charge in [-0.15, -0.1) is 0 Å². The Bertz CT molecular complexity index is 900. The lowest BCUT2D eigenvalue weighted by molar-refractivity contribution is 0.0696. The number of rotatable bonds is 6. The fraction of sp³-hybridized carbons (Fsp3) is 0.174. The standard InChI is InChI=1S/C23H20O3/c24-23(25)16-7-5-8-17(15-16)26-14-6-13-22-20-11-3-1-9-18(20)19-10-2-4-12-21(19)22/h1-5,7-12,15,22H,6,13-14H2,(H,24,25). The maximum absolute atomic E-state index is 11.0. The minimum atomic E-state index is -0.936. The molecule has 0 radical (unpaired) electrons. The number of hydrogen-bond donors (Lipinski definition) is 1. The van der Waals surface area contributed by atoms with Gasteiger partial charge in [0.25, 0.3) is 0 Å². The van der Waals surface area contributed by atoms with Gasteiger partial charge in [-0.3, -0.25) is 0 Å². The van der Waals surface area contributed by atoms with Gasteiger partial charge in [0.15, 0.2) is 0 Å². The molecule has 130 valence electrons. The number of carboxylic acids is 1. The molecule has 0 saturated carbocycles. The molecule has 1 aliphatic carbocycles. The molecule has 0 aliphatic heterocycles. The first-order valence-electron chi connectivity index (χ1n) is 8.88. The number of benzene rings is 3. The summed E-state index contributed by atoms with van der Waals surface area (Å²) in [5.41, 5.74) is 5.70. The van der Waals surface area contributed by atoms with Crippen LogP contribution >= 0.6 is 0 Å². The SMILES string of the molecule is O=C(O)c1cccc(OCCCC2c3ccccc3-c3ccccc32)c1. The summed E-state index contributed by atoms with van der Waals surface area (Å²) in [4.78, 5) is 11.0. The molecule has 0 unspecified atom stereocenters. The van der Waals surface area contributed by atoms with Crippen molar-refractivity contribution >= 4 is 5.97 Å². The lowest BCUT2D eigenvalue weighted by Gasteiger charge is -2.14. The van der Waals surface area contributed by atoms with Gasteiger partial charge in [0, 0.05) is 5.92 Å². The van der Waals surface area contributed by atoms with Gasteiger partial charge in [-0.1, -0.05) is 54.6 Å². The average Bonchev–Trinajstić information content (AvgIpc) is 3.00. The number of ether oxygens (including phenoxy) is 1. The Balaban J connectivity index is 1.43. The summed E-state index contributed by atoms with van der Waals surface area (Å²) in [6, 6.07) is 23.9. The fourth-order valence-corrected chi connectivity index (χ4v) is 3.77. The summed E-state index contributed by atoms with van der Waals surface area (Å²) in [5.74, 6) is 0.0723. The van der Waals surface area contributed by atoms with Gasteiger partial charge < -0.3 is 9.84 Å². The first kappa shape index (κ1) is 16.4. The van der Waals surface area contributed by atoms with Crippen LogP contribution < -0.4 is 4.74 Å². The highest BCUT2D eigenvalue weighted by Gasteiger charge is 2.27. The maximum atomic E-state index is 11.0. The summed E-state index contributed by atoms with van der Waals surface area (Å²) in [6.07, 6.45) is 1.91. The molecule has 0 amide bonds. The minimum Gasteiger partial charge on any atom is -0.494 e. The van der Waals surface area contributed by atoms with E-state index in [2.05, 4.69) is 48.5 Å². The molecule has 0 saturated heterocycles. The lowest BCUT2D eigenvalue weighted by atomic mass is 9.92. The zero-order chi connectivity index (χ0) is 17.9. The second kappa shape index (κ2) is 7.04. The summed E-state index contributed by atoms with van der Waals surface area (Å²) in [5, 5.41) is 9.05. The molecule has 3 aromatic rings. The van der Waals surface area contributed by atoms with Crippen LogP contribution in [-0.4, -0.2) is 17.7 Å². The molecule has 3 aromatic carbocycles. The van der Waals surface area contributed by atoms with Crippen molar-refractivity contribution < 1.29 is 14.6 Å². The molecule has 4 rings (SSSR count). The number of carbonyl (C=O) groups is 1. The van der Waals surface area contributed by atoms with E-state index >= 15 is 0 Å². The fourth-order valence-electron chi connectivity index (χ4n) is 3.77. The van der Waals surface area contributed by atoms with Crippen LogP contribution in [0.25, 0.3) is 11.1 Å². The van der Waals surface area contributed by atoms with Crippen LogP contribution in [0.2, 0.25) is 0 Å². The number of aromatic carboxylic acids is 1. The largest absolute Gasteiger partial charge is 0.494 e.